The summed E-state index contributed by atoms with van der Waals surface area (Å²) in [6, 6.07) is 0.910. The van der Waals surface area contributed by atoms with Crippen molar-refractivity contribution in [2.24, 2.45) is 0 Å². The Kier molecular flexibility index (Phi) is 9.01. The zero-order chi connectivity index (χ0) is 10.9. The third kappa shape index (κ3) is 5.36. The van der Waals surface area contributed by atoms with Crippen LogP contribution in [-0.2, 0) is 13.3 Å². The Morgan fingerprint density at radius 1 is 1.00 bits per heavy atom. The van der Waals surface area contributed by atoms with Gasteiger partial charge >= 0.3 is 8.80 Å². The van der Waals surface area contributed by atoms with Crippen LogP contribution in [0.5, 0.6) is 0 Å². The fourth-order valence-corrected chi connectivity index (χ4v) is 4.01. The van der Waals surface area contributed by atoms with Gasteiger partial charge in [0.25, 0.3) is 0 Å². The van der Waals surface area contributed by atoms with Crippen molar-refractivity contribution in [3.8, 4) is 0 Å². The Balaban J connectivity index is 3.61. The van der Waals surface area contributed by atoms with Crippen molar-refractivity contribution in [3.63, 3.8) is 0 Å². The van der Waals surface area contributed by atoms with Gasteiger partial charge in [-0.1, -0.05) is 6.92 Å². The summed E-state index contributed by atoms with van der Waals surface area (Å²) in [6.45, 7) is 2.20. The van der Waals surface area contributed by atoms with Crippen LogP contribution in [0.2, 0.25) is 6.04 Å². The molecule has 0 aliphatic rings. The molecule has 5 heteroatoms. The van der Waals surface area contributed by atoms with Crippen LogP contribution in [0.4, 0.5) is 0 Å². The second kappa shape index (κ2) is 8.73. The smallest absolute Gasteiger partial charge is 0.377 e. The molecule has 0 saturated carbocycles. The molecule has 0 aliphatic carbocycles. The highest BCUT2D eigenvalue weighted by Crippen LogP contribution is 2.17. The molecule has 0 aliphatic heterocycles. The molecule has 0 aromatic rings. The number of hydrogen-bond donors (Lipinski definition) is 0. The number of rotatable bonds is 9. The minimum Gasteiger partial charge on any atom is -0.377 e. The van der Waals surface area contributed by atoms with Gasteiger partial charge in [-0.25, -0.2) is 0 Å². The molecule has 0 heterocycles. The van der Waals surface area contributed by atoms with Crippen LogP contribution >= 0.6 is 11.8 Å². The third-order valence-corrected chi connectivity index (χ3v) is 6.16. The summed E-state index contributed by atoms with van der Waals surface area (Å²) in [4.78, 5) is 0. The molecular weight excluding hydrogens is 216 g/mol. The standard InChI is InChI=1S/C9H22O3SSi/c1-5-7-13-8-6-9-14(10-2,11-3)12-4/h5-9H2,1-4H3. The molecule has 0 aromatic carbocycles. The lowest BCUT2D eigenvalue weighted by molar-refractivity contribution is 0.123. The van der Waals surface area contributed by atoms with E-state index < -0.39 is 8.80 Å². The quantitative estimate of drug-likeness (QED) is 0.455. The maximum absolute atomic E-state index is 5.33. The maximum atomic E-state index is 5.33. The molecule has 0 spiro atoms. The van der Waals surface area contributed by atoms with Crippen molar-refractivity contribution in [3.05, 3.63) is 0 Å². The lowest BCUT2D eigenvalue weighted by Crippen LogP contribution is -2.42. The Morgan fingerprint density at radius 2 is 1.57 bits per heavy atom. The highest BCUT2D eigenvalue weighted by molar-refractivity contribution is 7.99. The van der Waals surface area contributed by atoms with Crippen LogP contribution in [0.25, 0.3) is 0 Å². The minimum atomic E-state index is -2.29. The van der Waals surface area contributed by atoms with Crippen molar-refractivity contribution in [2.75, 3.05) is 32.8 Å². The van der Waals surface area contributed by atoms with Crippen molar-refractivity contribution >= 4 is 20.6 Å². The highest BCUT2D eigenvalue weighted by atomic mass is 32.2. The molecule has 0 atom stereocenters. The van der Waals surface area contributed by atoms with Gasteiger partial charge in [0.2, 0.25) is 0 Å². The number of thioether (sulfide) groups is 1. The predicted molar refractivity (Wildman–Crippen MR) is 63.8 cm³/mol. The molecule has 3 nitrogen and oxygen atoms in total. The molecule has 0 N–H and O–H groups in total. The summed E-state index contributed by atoms with van der Waals surface area (Å²) < 4.78 is 16.0. The predicted octanol–water partition coefficient (Wildman–Crippen LogP) is 2.40. The lowest BCUT2D eigenvalue weighted by Gasteiger charge is -2.24. The van der Waals surface area contributed by atoms with Crippen LogP contribution in [0.1, 0.15) is 19.8 Å². The van der Waals surface area contributed by atoms with Gasteiger partial charge in [-0.05, 0) is 24.3 Å². The highest BCUT2D eigenvalue weighted by Gasteiger charge is 2.36. The SMILES string of the molecule is CCCSCCC[Si](OC)(OC)OC. The first-order valence-electron chi connectivity index (χ1n) is 4.98. The van der Waals surface area contributed by atoms with Gasteiger partial charge in [0.05, 0.1) is 0 Å². The van der Waals surface area contributed by atoms with E-state index in [1.165, 1.54) is 17.9 Å². The Labute approximate surface area is 92.9 Å². The maximum Gasteiger partial charge on any atom is 0.500 e. The molecule has 0 unspecified atom stereocenters. The van der Waals surface area contributed by atoms with Crippen LogP contribution in [0.3, 0.4) is 0 Å². The normalized spacial score (nSPS) is 12.0. The largest absolute Gasteiger partial charge is 0.500 e. The van der Waals surface area contributed by atoms with E-state index in [-0.39, 0.29) is 0 Å². The van der Waals surface area contributed by atoms with Gasteiger partial charge in [-0.15, -0.1) is 0 Å². The van der Waals surface area contributed by atoms with E-state index in [1.54, 1.807) is 21.3 Å². The second-order valence-corrected chi connectivity index (χ2v) is 7.33. The van der Waals surface area contributed by atoms with Crippen molar-refractivity contribution in [1.29, 1.82) is 0 Å². The molecular formula is C9H22O3SSi. The fraction of sp³-hybridized carbons (Fsp3) is 1.00. The van der Waals surface area contributed by atoms with Crippen LogP contribution in [0.15, 0.2) is 0 Å². The van der Waals surface area contributed by atoms with Crippen molar-refractivity contribution in [2.45, 2.75) is 25.8 Å². The summed E-state index contributed by atoms with van der Waals surface area (Å²) in [6.07, 6.45) is 2.35. The van der Waals surface area contributed by atoms with Gasteiger partial charge in [0.1, 0.15) is 0 Å². The molecule has 0 amide bonds. The topological polar surface area (TPSA) is 27.7 Å². The zero-order valence-electron chi connectivity index (χ0n) is 9.67. The molecule has 0 saturated heterocycles. The van der Waals surface area contributed by atoms with Crippen LogP contribution < -0.4 is 0 Å². The third-order valence-electron chi connectivity index (χ3n) is 2.05. The Morgan fingerprint density at radius 3 is 2.00 bits per heavy atom. The monoisotopic (exact) mass is 238 g/mol. The van der Waals surface area contributed by atoms with E-state index >= 15 is 0 Å². The first-order valence-corrected chi connectivity index (χ1v) is 8.06. The fourth-order valence-electron chi connectivity index (χ4n) is 1.19. The van der Waals surface area contributed by atoms with E-state index in [2.05, 4.69) is 6.92 Å². The van der Waals surface area contributed by atoms with Gasteiger partial charge < -0.3 is 13.3 Å². The summed E-state index contributed by atoms with van der Waals surface area (Å²) in [5.74, 6) is 2.40. The van der Waals surface area contributed by atoms with E-state index in [9.17, 15) is 0 Å². The van der Waals surface area contributed by atoms with Crippen molar-refractivity contribution in [1.82, 2.24) is 0 Å². The van der Waals surface area contributed by atoms with Gasteiger partial charge in [-0.2, -0.15) is 11.8 Å². The molecule has 0 rings (SSSR count). The lowest BCUT2D eigenvalue weighted by atomic mass is 10.6. The zero-order valence-corrected chi connectivity index (χ0v) is 11.5. The molecule has 0 radical (unpaired) electrons. The first kappa shape index (κ1) is 14.4. The van der Waals surface area contributed by atoms with Gasteiger partial charge in [0, 0.05) is 27.4 Å². The summed E-state index contributed by atoms with van der Waals surface area (Å²) >= 11 is 1.98. The van der Waals surface area contributed by atoms with E-state index in [0.29, 0.717) is 0 Å². The van der Waals surface area contributed by atoms with Gasteiger partial charge in [0.15, 0.2) is 0 Å². The minimum absolute atomic E-state index is 0.910. The summed E-state index contributed by atoms with van der Waals surface area (Å²) in [5.41, 5.74) is 0. The molecule has 86 valence electrons. The first-order chi connectivity index (χ1) is 6.74. The molecule has 0 fully saturated rings. The average molecular weight is 238 g/mol. The van der Waals surface area contributed by atoms with Crippen LogP contribution in [-0.4, -0.2) is 41.6 Å². The molecule has 14 heavy (non-hydrogen) atoms. The van der Waals surface area contributed by atoms with E-state index in [1.807, 2.05) is 11.8 Å². The molecule has 0 bridgehead atoms. The Bertz CT molecular complexity index is 123. The average Bonchev–Trinajstić information content (AvgIpc) is 2.24. The Hall–Kier alpha value is 0.447. The van der Waals surface area contributed by atoms with Crippen LogP contribution in [0, 0.1) is 0 Å². The molecule has 0 aromatic heterocycles. The number of hydrogen-bond acceptors (Lipinski definition) is 4. The van der Waals surface area contributed by atoms with E-state index in [4.69, 9.17) is 13.3 Å². The summed E-state index contributed by atoms with van der Waals surface area (Å²) in [7, 11) is 2.70. The van der Waals surface area contributed by atoms with Crippen molar-refractivity contribution < 1.29 is 13.3 Å². The summed E-state index contributed by atoms with van der Waals surface area (Å²) in [5, 5.41) is 0. The second-order valence-electron chi connectivity index (χ2n) is 3.01. The van der Waals surface area contributed by atoms with Gasteiger partial charge in [-0.3, -0.25) is 0 Å². The van der Waals surface area contributed by atoms with E-state index in [0.717, 1.165) is 12.5 Å².